The van der Waals surface area contributed by atoms with E-state index >= 15 is 0 Å². The lowest BCUT2D eigenvalue weighted by atomic mass is 10.3. The van der Waals surface area contributed by atoms with Gasteiger partial charge in [0.05, 0.1) is 0 Å². The molecular formula is C6H14O2. The van der Waals surface area contributed by atoms with E-state index in [1.807, 2.05) is 6.92 Å². The van der Waals surface area contributed by atoms with Crippen molar-refractivity contribution in [2.24, 2.45) is 0 Å². The second-order valence-corrected chi connectivity index (χ2v) is 1.45. The molecule has 0 radical (unpaired) electrons. The molecule has 2 heteroatoms. The topological polar surface area (TPSA) is 37.3 Å². The summed E-state index contributed by atoms with van der Waals surface area (Å²) in [5, 5.41) is 7.00. The molecule has 8 heavy (non-hydrogen) atoms. The molecular weight excluding hydrogens is 104 g/mol. The Kier molecular flexibility index (Phi) is 13.0. The first kappa shape index (κ1) is 10.6. The Morgan fingerprint density at radius 2 is 1.88 bits per heavy atom. The van der Waals surface area contributed by atoms with Gasteiger partial charge in [0.25, 0.3) is 0 Å². The Balaban J connectivity index is 0. The summed E-state index contributed by atoms with van der Waals surface area (Å²) < 4.78 is 0. The third-order valence-corrected chi connectivity index (χ3v) is 0.602. The van der Waals surface area contributed by atoms with Crippen LogP contribution in [0.3, 0.4) is 0 Å². The zero-order chi connectivity index (χ0) is 6.99. The molecule has 0 heterocycles. The van der Waals surface area contributed by atoms with Crippen LogP contribution in [-0.2, 0) is 4.79 Å². The van der Waals surface area contributed by atoms with Crippen molar-refractivity contribution in [3.63, 3.8) is 0 Å². The summed E-state index contributed by atoms with van der Waals surface area (Å²) in [4.78, 5) is 10.0. The minimum Gasteiger partial charge on any atom is -0.400 e. The van der Waals surface area contributed by atoms with Crippen LogP contribution in [0.15, 0.2) is 0 Å². The summed E-state index contributed by atoms with van der Waals surface area (Å²) in [5.74, 6) is 0.289. The van der Waals surface area contributed by atoms with Crippen LogP contribution in [0.1, 0.15) is 26.7 Å². The summed E-state index contributed by atoms with van der Waals surface area (Å²) in [5.41, 5.74) is 0. The summed E-state index contributed by atoms with van der Waals surface area (Å²) in [6.45, 7) is 3.62. The lowest BCUT2D eigenvalue weighted by Crippen LogP contribution is -1.84. The van der Waals surface area contributed by atoms with Gasteiger partial charge in [-0.05, 0) is 13.3 Å². The van der Waals surface area contributed by atoms with Crippen molar-refractivity contribution in [2.45, 2.75) is 26.7 Å². The van der Waals surface area contributed by atoms with Gasteiger partial charge in [-0.3, -0.25) is 0 Å². The van der Waals surface area contributed by atoms with Crippen molar-refractivity contribution in [3.8, 4) is 0 Å². The highest BCUT2D eigenvalue weighted by molar-refractivity contribution is 5.75. The number of carbonyl (C=O) groups is 1. The average Bonchev–Trinajstić information content (AvgIpc) is 1.72. The maximum atomic E-state index is 10.0. The molecule has 50 valence electrons. The van der Waals surface area contributed by atoms with Gasteiger partial charge in [0.1, 0.15) is 5.78 Å². The predicted molar refractivity (Wildman–Crippen MR) is 33.7 cm³/mol. The third kappa shape index (κ3) is 17.4. The van der Waals surface area contributed by atoms with E-state index in [1.54, 1.807) is 6.92 Å². The molecule has 0 aliphatic rings. The number of ketones is 1. The first-order valence-corrected chi connectivity index (χ1v) is 2.71. The summed E-state index contributed by atoms with van der Waals surface area (Å²) in [6.07, 6.45) is 1.72. The maximum Gasteiger partial charge on any atom is 0.129 e. The van der Waals surface area contributed by atoms with Crippen LogP contribution >= 0.6 is 0 Å². The third-order valence-electron chi connectivity index (χ3n) is 0.602. The largest absolute Gasteiger partial charge is 0.400 e. The smallest absolute Gasteiger partial charge is 0.129 e. The molecule has 1 N–H and O–H groups in total. The number of hydrogen-bond donors (Lipinski definition) is 1. The molecule has 2 nitrogen and oxygen atoms in total. The molecule has 0 rings (SSSR count). The minimum atomic E-state index is 0.289. The SMILES string of the molecule is CCCC(C)=O.CO. The molecule has 0 spiro atoms. The van der Waals surface area contributed by atoms with Crippen molar-refractivity contribution in [2.75, 3.05) is 7.11 Å². The Bertz CT molecular complexity index is 50.5. The van der Waals surface area contributed by atoms with Crippen LogP contribution in [0, 0.1) is 0 Å². The minimum absolute atomic E-state index is 0.289. The monoisotopic (exact) mass is 118 g/mol. The normalized spacial score (nSPS) is 7.00. The first-order valence-electron chi connectivity index (χ1n) is 2.71. The number of aliphatic hydroxyl groups excluding tert-OH is 1. The van der Waals surface area contributed by atoms with Gasteiger partial charge in [-0.15, -0.1) is 0 Å². The van der Waals surface area contributed by atoms with Crippen LogP contribution in [0.5, 0.6) is 0 Å². The van der Waals surface area contributed by atoms with Crippen molar-refractivity contribution < 1.29 is 9.90 Å². The van der Waals surface area contributed by atoms with E-state index in [0.717, 1.165) is 20.0 Å². The number of hydrogen-bond acceptors (Lipinski definition) is 2. The standard InChI is InChI=1S/C5H10O.CH4O/c1-3-4-5(2)6;1-2/h3-4H2,1-2H3;2H,1H3. The van der Waals surface area contributed by atoms with E-state index in [1.165, 1.54) is 0 Å². The Hall–Kier alpha value is -0.370. The molecule has 0 bridgehead atoms. The van der Waals surface area contributed by atoms with Crippen molar-refractivity contribution in [3.05, 3.63) is 0 Å². The van der Waals surface area contributed by atoms with Crippen LogP contribution in [0.25, 0.3) is 0 Å². The predicted octanol–water partition coefficient (Wildman–Crippen LogP) is 0.984. The fourth-order valence-corrected chi connectivity index (χ4v) is 0.352. The molecule has 0 atom stereocenters. The second kappa shape index (κ2) is 9.80. The molecule has 0 aliphatic heterocycles. The van der Waals surface area contributed by atoms with E-state index in [4.69, 9.17) is 5.11 Å². The number of aliphatic hydroxyl groups is 1. The van der Waals surface area contributed by atoms with E-state index in [9.17, 15) is 4.79 Å². The summed E-state index contributed by atoms with van der Waals surface area (Å²) in [6, 6.07) is 0. The molecule has 0 fully saturated rings. The van der Waals surface area contributed by atoms with E-state index < -0.39 is 0 Å². The number of Topliss-reactive ketones (excluding diaryl/α,β-unsaturated/α-hetero) is 1. The molecule has 0 aromatic heterocycles. The fraction of sp³-hybridized carbons (Fsp3) is 0.833. The zero-order valence-electron chi connectivity index (χ0n) is 5.77. The average molecular weight is 118 g/mol. The molecule has 0 saturated heterocycles. The lowest BCUT2D eigenvalue weighted by molar-refractivity contribution is -0.117. The van der Waals surface area contributed by atoms with Gasteiger partial charge in [-0.25, -0.2) is 0 Å². The first-order chi connectivity index (χ1) is 3.77. The van der Waals surface area contributed by atoms with Gasteiger partial charge in [0, 0.05) is 13.5 Å². The van der Waals surface area contributed by atoms with Gasteiger partial charge >= 0.3 is 0 Å². The number of carbonyl (C=O) groups excluding carboxylic acids is 1. The molecule has 0 unspecified atom stereocenters. The quantitative estimate of drug-likeness (QED) is 0.587. The van der Waals surface area contributed by atoms with Crippen LogP contribution in [0.2, 0.25) is 0 Å². The lowest BCUT2D eigenvalue weighted by Gasteiger charge is -1.80. The van der Waals surface area contributed by atoms with E-state index in [-0.39, 0.29) is 5.78 Å². The molecule has 0 amide bonds. The van der Waals surface area contributed by atoms with Gasteiger partial charge in [0.2, 0.25) is 0 Å². The Labute approximate surface area is 50.5 Å². The highest BCUT2D eigenvalue weighted by Gasteiger charge is 1.83. The number of rotatable bonds is 2. The van der Waals surface area contributed by atoms with Gasteiger partial charge in [0.15, 0.2) is 0 Å². The van der Waals surface area contributed by atoms with E-state index in [0.29, 0.717) is 0 Å². The highest BCUT2D eigenvalue weighted by atomic mass is 16.2. The van der Waals surface area contributed by atoms with Crippen LogP contribution in [-0.4, -0.2) is 18.0 Å². The Morgan fingerprint density at radius 1 is 1.50 bits per heavy atom. The van der Waals surface area contributed by atoms with Crippen molar-refractivity contribution in [1.29, 1.82) is 0 Å². The van der Waals surface area contributed by atoms with E-state index in [2.05, 4.69) is 0 Å². The summed E-state index contributed by atoms with van der Waals surface area (Å²) in [7, 11) is 1.00. The highest BCUT2D eigenvalue weighted by Crippen LogP contribution is 1.84. The van der Waals surface area contributed by atoms with Crippen LogP contribution < -0.4 is 0 Å². The van der Waals surface area contributed by atoms with Crippen molar-refractivity contribution in [1.82, 2.24) is 0 Å². The Morgan fingerprint density at radius 3 is 1.88 bits per heavy atom. The van der Waals surface area contributed by atoms with Gasteiger partial charge < -0.3 is 9.90 Å². The fourth-order valence-electron chi connectivity index (χ4n) is 0.352. The van der Waals surface area contributed by atoms with Gasteiger partial charge in [-0.2, -0.15) is 0 Å². The zero-order valence-corrected chi connectivity index (χ0v) is 5.77. The molecule has 0 aliphatic carbocycles. The van der Waals surface area contributed by atoms with Gasteiger partial charge in [-0.1, -0.05) is 6.92 Å². The second-order valence-electron chi connectivity index (χ2n) is 1.45. The summed E-state index contributed by atoms with van der Waals surface area (Å²) >= 11 is 0. The maximum absolute atomic E-state index is 10.0. The molecule has 0 aromatic carbocycles. The van der Waals surface area contributed by atoms with Crippen molar-refractivity contribution >= 4 is 5.78 Å². The molecule has 0 saturated carbocycles. The van der Waals surface area contributed by atoms with Crippen LogP contribution in [0.4, 0.5) is 0 Å². The molecule has 0 aromatic rings.